The summed E-state index contributed by atoms with van der Waals surface area (Å²) in [5, 5.41) is 7.59. The van der Waals surface area contributed by atoms with Gasteiger partial charge in [0.15, 0.2) is 0 Å². The third-order valence-corrected chi connectivity index (χ3v) is 6.15. The molecule has 0 aliphatic carbocycles. The van der Waals surface area contributed by atoms with E-state index >= 15 is 0 Å². The second-order valence-electron chi connectivity index (χ2n) is 7.98. The van der Waals surface area contributed by atoms with E-state index in [0.29, 0.717) is 36.2 Å². The molecule has 172 valence electrons. The number of aryl methyl sites for hydroxylation is 1. The summed E-state index contributed by atoms with van der Waals surface area (Å²) >= 11 is 3.58. The van der Waals surface area contributed by atoms with Crippen LogP contribution in [0, 0.1) is 6.92 Å². The summed E-state index contributed by atoms with van der Waals surface area (Å²) in [5.74, 6) is 0.860. The Morgan fingerprint density at radius 3 is 2.82 bits per heavy atom. The Hall–Kier alpha value is -3.13. The Kier molecular flexibility index (Phi) is 7.13. The molecule has 1 aliphatic heterocycles. The molecule has 0 bridgehead atoms. The number of hydrogen-bond acceptors (Lipinski definition) is 6. The van der Waals surface area contributed by atoms with Crippen LogP contribution >= 0.6 is 15.9 Å². The van der Waals surface area contributed by atoms with Crippen LogP contribution in [-0.4, -0.2) is 27.3 Å². The lowest BCUT2D eigenvalue weighted by Crippen LogP contribution is -2.30. The number of halogens is 1. The second kappa shape index (κ2) is 10.2. The molecule has 1 aromatic heterocycles. The fourth-order valence-electron chi connectivity index (χ4n) is 3.82. The zero-order valence-corrected chi connectivity index (χ0v) is 20.6. The molecule has 1 atom stereocenters. The lowest BCUT2D eigenvalue weighted by molar-refractivity contribution is -0.139. The molecule has 3 aromatic rings. The standard InChI is InChI=1S/C25H27BrN4O3/c1-4-5-12-32-24(31)22-17(3)29-25-27-15-28-30(25)23(22)20-13-19(26)10-11-21(20)33-14-18-9-7-6-8-16(18)2/h6-11,13,15,23H,4-5,12,14H2,1-3H3,(H,27,28,29). The Labute approximate surface area is 201 Å². The van der Waals surface area contributed by atoms with Crippen LogP contribution < -0.4 is 10.1 Å². The second-order valence-corrected chi connectivity index (χ2v) is 8.90. The van der Waals surface area contributed by atoms with Gasteiger partial charge in [-0.25, -0.2) is 9.48 Å². The summed E-state index contributed by atoms with van der Waals surface area (Å²) in [5.41, 5.74) is 4.24. The molecule has 4 rings (SSSR count). The minimum absolute atomic E-state index is 0.371. The molecule has 0 fully saturated rings. The summed E-state index contributed by atoms with van der Waals surface area (Å²) < 4.78 is 14.5. The van der Waals surface area contributed by atoms with E-state index in [9.17, 15) is 4.79 Å². The van der Waals surface area contributed by atoms with Gasteiger partial charge in [-0.2, -0.15) is 10.1 Å². The smallest absolute Gasteiger partial charge is 0.338 e. The number of aromatic nitrogens is 3. The van der Waals surface area contributed by atoms with E-state index in [1.807, 2.05) is 37.3 Å². The topological polar surface area (TPSA) is 78.3 Å². The van der Waals surface area contributed by atoms with Crippen LogP contribution in [0.15, 0.2) is 64.5 Å². The Morgan fingerprint density at radius 2 is 2.03 bits per heavy atom. The van der Waals surface area contributed by atoms with E-state index < -0.39 is 6.04 Å². The molecule has 1 N–H and O–H groups in total. The molecule has 8 heteroatoms. The van der Waals surface area contributed by atoms with Crippen molar-refractivity contribution in [3.05, 3.63) is 81.2 Å². The van der Waals surface area contributed by atoms with Gasteiger partial charge in [0.25, 0.3) is 0 Å². The normalized spacial score (nSPS) is 15.1. The van der Waals surface area contributed by atoms with E-state index in [-0.39, 0.29) is 5.97 Å². The fraction of sp³-hybridized carbons (Fsp3) is 0.320. The van der Waals surface area contributed by atoms with Gasteiger partial charge < -0.3 is 14.8 Å². The number of anilines is 1. The van der Waals surface area contributed by atoms with Crippen LogP contribution in [0.5, 0.6) is 5.75 Å². The number of carbonyl (C=O) groups excluding carboxylic acids is 1. The first-order valence-corrected chi connectivity index (χ1v) is 11.8. The van der Waals surface area contributed by atoms with Gasteiger partial charge in [0, 0.05) is 15.7 Å². The third-order valence-electron chi connectivity index (χ3n) is 5.66. The van der Waals surface area contributed by atoms with E-state index in [2.05, 4.69) is 57.3 Å². The number of rotatable bonds is 8. The molecule has 2 aromatic carbocycles. The molecule has 2 heterocycles. The maximum Gasteiger partial charge on any atom is 0.338 e. The SMILES string of the molecule is CCCCOC(=O)C1=C(C)Nc2ncnn2C1c1cc(Br)ccc1OCc1ccccc1C. The summed E-state index contributed by atoms with van der Waals surface area (Å²) in [4.78, 5) is 17.5. The van der Waals surface area contributed by atoms with Crippen molar-refractivity contribution in [3.63, 3.8) is 0 Å². The van der Waals surface area contributed by atoms with Crippen LogP contribution in [0.3, 0.4) is 0 Å². The number of ether oxygens (including phenoxy) is 2. The average Bonchev–Trinajstić information content (AvgIpc) is 3.26. The number of hydrogen-bond donors (Lipinski definition) is 1. The minimum Gasteiger partial charge on any atom is -0.489 e. The van der Waals surface area contributed by atoms with Gasteiger partial charge in [0.1, 0.15) is 24.7 Å². The highest BCUT2D eigenvalue weighted by atomic mass is 79.9. The first kappa shape index (κ1) is 23.0. The summed E-state index contributed by atoms with van der Waals surface area (Å²) in [6.45, 7) is 6.76. The highest BCUT2D eigenvalue weighted by Crippen LogP contribution is 2.40. The lowest BCUT2D eigenvalue weighted by Gasteiger charge is -2.29. The van der Waals surface area contributed by atoms with Gasteiger partial charge in [-0.3, -0.25) is 0 Å². The molecular weight excluding hydrogens is 484 g/mol. The molecule has 0 radical (unpaired) electrons. The molecule has 0 saturated heterocycles. The van der Waals surface area contributed by atoms with Crippen LogP contribution in [-0.2, 0) is 16.1 Å². The zero-order valence-electron chi connectivity index (χ0n) is 19.0. The van der Waals surface area contributed by atoms with Crippen molar-refractivity contribution >= 4 is 27.8 Å². The fourth-order valence-corrected chi connectivity index (χ4v) is 4.20. The predicted octanol–water partition coefficient (Wildman–Crippen LogP) is 5.56. The maximum atomic E-state index is 13.2. The molecule has 1 aliphatic rings. The number of fused-ring (bicyclic) bond motifs is 1. The van der Waals surface area contributed by atoms with Gasteiger partial charge in [-0.05, 0) is 49.6 Å². The average molecular weight is 511 g/mol. The summed E-state index contributed by atoms with van der Waals surface area (Å²) in [6.07, 6.45) is 3.23. The Morgan fingerprint density at radius 1 is 1.21 bits per heavy atom. The van der Waals surface area contributed by atoms with Gasteiger partial charge >= 0.3 is 5.97 Å². The number of nitrogens with zero attached hydrogens (tertiary/aromatic N) is 3. The molecule has 1 unspecified atom stereocenters. The third kappa shape index (κ3) is 4.95. The number of unbranched alkanes of at least 4 members (excludes halogenated alkanes) is 1. The van der Waals surface area contributed by atoms with E-state index in [0.717, 1.165) is 34.0 Å². The van der Waals surface area contributed by atoms with E-state index in [4.69, 9.17) is 9.47 Å². The van der Waals surface area contributed by atoms with Crippen molar-refractivity contribution in [1.29, 1.82) is 0 Å². The summed E-state index contributed by atoms with van der Waals surface area (Å²) in [6, 6.07) is 13.4. The van der Waals surface area contributed by atoms with Crippen molar-refractivity contribution in [1.82, 2.24) is 14.8 Å². The quantitative estimate of drug-likeness (QED) is 0.315. The maximum absolute atomic E-state index is 13.2. The van der Waals surface area contributed by atoms with Crippen molar-refractivity contribution in [2.75, 3.05) is 11.9 Å². The molecule has 0 spiro atoms. The van der Waals surface area contributed by atoms with Gasteiger partial charge in [0.05, 0.1) is 12.2 Å². The van der Waals surface area contributed by atoms with Gasteiger partial charge in [-0.15, -0.1) is 0 Å². The Balaban J connectivity index is 1.74. The van der Waals surface area contributed by atoms with Gasteiger partial charge in [0.2, 0.25) is 5.95 Å². The molecular formula is C25H27BrN4O3. The lowest BCUT2D eigenvalue weighted by atomic mass is 9.95. The van der Waals surface area contributed by atoms with Crippen molar-refractivity contribution < 1.29 is 14.3 Å². The minimum atomic E-state index is -0.540. The monoisotopic (exact) mass is 510 g/mol. The van der Waals surface area contributed by atoms with Crippen LogP contribution in [0.4, 0.5) is 5.95 Å². The van der Waals surface area contributed by atoms with Crippen LogP contribution in [0.2, 0.25) is 0 Å². The van der Waals surface area contributed by atoms with Gasteiger partial charge in [-0.1, -0.05) is 53.5 Å². The number of esters is 1. The first-order valence-electron chi connectivity index (χ1n) is 11.0. The first-order chi connectivity index (χ1) is 16.0. The van der Waals surface area contributed by atoms with E-state index in [1.165, 1.54) is 6.33 Å². The molecule has 7 nitrogen and oxygen atoms in total. The van der Waals surface area contributed by atoms with E-state index in [1.54, 1.807) is 4.68 Å². The van der Waals surface area contributed by atoms with Crippen molar-refractivity contribution in [2.45, 2.75) is 46.3 Å². The highest BCUT2D eigenvalue weighted by molar-refractivity contribution is 9.10. The largest absolute Gasteiger partial charge is 0.489 e. The predicted molar refractivity (Wildman–Crippen MR) is 130 cm³/mol. The van der Waals surface area contributed by atoms with Crippen LogP contribution in [0.25, 0.3) is 0 Å². The number of benzene rings is 2. The van der Waals surface area contributed by atoms with Crippen molar-refractivity contribution in [2.24, 2.45) is 0 Å². The highest BCUT2D eigenvalue weighted by Gasteiger charge is 2.36. The molecule has 0 saturated carbocycles. The zero-order chi connectivity index (χ0) is 23.4. The number of allylic oxidation sites excluding steroid dienone is 1. The molecule has 0 amide bonds. The summed E-state index contributed by atoms with van der Waals surface area (Å²) in [7, 11) is 0. The van der Waals surface area contributed by atoms with Crippen LogP contribution in [0.1, 0.15) is 49.4 Å². The van der Waals surface area contributed by atoms with Crippen molar-refractivity contribution in [3.8, 4) is 5.75 Å². The number of nitrogens with one attached hydrogen (secondary N) is 1. The molecule has 33 heavy (non-hydrogen) atoms. The number of carbonyl (C=O) groups is 1. The Bertz CT molecular complexity index is 1190.